The van der Waals surface area contributed by atoms with Crippen molar-refractivity contribution in [3.8, 4) is 0 Å². The molecule has 2 atom stereocenters. The van der Waals surface area contributed by atoms with Crippen LogP contribution in [0, 0.1) is 17.8 Å². The highest BCUT2D eigenvalue weighted by atomic mass is 79.9. The van der Waals surface area contributed by atoms with Crippen molar-refractivity contribution in [2.45, 2.75) is 32.1 Å². The van der Waals surface area contributed by atoms with Gasteiger partial charge in [0, 0.05) is 5.33 Å². The predicted octanol–water partition coefficient (Wildman–Crippen LogP) is 2.62. The van der Waals surface area contributed by atoms with Crippen LogP contribution >= 0.6 is 15.9 Å². The van der Waals surface area contributed by atoms with Gasteiger partial charge in [0.25, 0.3) is 0 Å². The van der Waals surface area contributed by atoms with Crippen LogP contribution in [-0.4, -0.2) is 25.3 Å². The third-order valence-corrected chi connectivity index (χ3v) is 6.60. The van der Waals surface area contributed by atoms with E-state index in [1.54, 1.807) is 0 Å². The molecule has 2 aliphatic rings. The van der Waals surface area contributed by atoms with Crippen LogP contribution in [0.2, 0.25) is 0 Å². The molecule has 0 aromatic carbocycles. The molecule has 2 fully saturated rings. The van der Waals surface area contributed by atoms with Gasteiger partial charge < -0.3 is 0 Å². The summed E-state index contributed by atoms with van der Waals surface area (Å²) in [5, 5.41) is 0.984. The molecule has 15 heavy (non-hydrogen) atoms. The summed E-state index contributed by atoms with van der Waals surface area (Å²) in [4.78, 5) is 0. The molecule has 1 heterocycles. The Labute approximate surface area is 101 Å². The van der Waals surface area contributed by atoms with E-state index in [0.29, 0.717) is 23.3 Å². The van der Waals surface area contributed by atoms with Gasteiger partial charge in [0.2, 0.25) is 0 Å². The van der Waals surface area contributed by atoms with E-state index in [4.69, 9.17) is 0 Å². The molecule has 0 aromatic rings. The molecule has 1 aliphatic carbocycles. The summed E-state index contributed by atoms with van der Waals surface area (Å²) in [5.41, 5.74) is 0. The predicted molar refractivity (Wildman–Crippen MR) is 66.0 cm³/mol. The first kappa shape index (κ1) is 11.9. The van der Waals surface area contributed by atoms with Gasteiger partial charge in [-0.15, -0.1) is 0 Å². The Morgan fingerprint density at radius 2 is 1.80 bits per heavy atom. The highest BCUT2D eigenvalue weighted by Gasteiger charge is 2.37. The first-order chi connectivity index (χ1) is 7.12. The van der Waals surface area contributed by atoms with Crippen molar-refractivity contribution in [3.05, 3.63) is 0 Å². The Balaban J connectivity index is 2.01. The fraction of sp³-hybridized carbons (Fsp3) is 1.00. The van der Waals surface area contributed by atoms with Crippen LogP contribution in [0.1, 0.15) is 32.1 Å². The summed E-state index contributed by atoms with van der Waals surface area (Å²) >= 11 is 3.58. The van der Waals surface area contributed by atoms with Crippen molar-refractivity contribution in [2.75, 3.05) is 16.8 Å². The number of hydrogen-bond acceptors (Lipinski definition) is 2. The maximum Gasteiger partial charge on any atom is 0.150 e. The second kappa shape index (κ2) is 4.74. The van der Waals surface area contributed by atoms with Crippen molar-refractivity contribution in [2.24, 2.45) is 17.8 Å². The average Bonchev–Trinajstić information content (AvgIpc) is 2.77. The second-order valence-corrected chi connectivity index (χ2v) is 7.90. The zero-order valence-electron chi connectivity index (χ0n) is 8.99. The van der Waals surface area contributed by atoms with E-state index in [9.17, 15) is 8.42 Å². The molecule has 2 unspecified atom stereocenters. The van der Waals surface area contributed by atoms with E-state index in [1.165, 1.54) is 25.7 Å². The summed E-state index contributed by atoms with van der Waals surface area (Å²) in [6.45, 7) is 0. The van der Waals surface area contributed by atoms with Crippen molar-refractivity contribution < 1.29 is 8.42 Å². The van der Waals surface area contributed by atoms with Crippen LogP contribution in [0.15, 0.2) is 0 Å². The van der Waals surface area contributed by atoms with Crippen LogP contribution in [-0.2, 0) is 9.84 Å². The smallest absolute Gasteiger partial charge is 0.150 e. The Morgan fingerprint density at radius 1 is 1.13 bits per heavy atom. The van der Waals surface area contributed by atoms with Gasteiger partial charge >= 0.3 is 0 Å². The molecule has 4 heteroatoms. The van der Waals surface area contributed by atoms with Gasteiger partial charge in [-0.05, 0) is 24.2 Å². The fourth-order valence-electron chi connectivity index (χ4n) is 3.18. The van der Waals surface area contributed by atoms with Gasteiger partial charge in [0.15, 0.2) is 9.84 Å². The zero-order valence-corrected chi connectivity index (χ0v) is 11.4. The lowest BCUT2D eigenvalue weighted by Gasteiger charge is -2.26. The maximum absolute atomic E-state index is 11.5. The number of halogens is 1. The van der Waals surface area contributed by atoms with Gasteiger partial charge in [-0.1, -0.05) is 41.6 Å². The Morgan fingerprint density at radius 3 is 2.27 bits per heavy atom. The van der Waals surface area contributed by atoms with Gasteiger partial charge in [0.1, 0.15) is 0 Å². The molecule has 0 bridgehead atoms. The van der Waals surface area contributed by atoms with Crippen molar-refractivity contribution in [1.29, 1.82) is 0 Å². The third-order valence-electron chi connectivity index (χ3n) is 4.06. The second-order valence-electron chi connectivity index (χ2n) is 5.03. The highest BCUT2D eigenvalue weighted by molar-refractivity contribution is 9.09. The lowest BCUT2D eigenvalue weighted by molar-refractivity contribution is 0.277. The first-order valence-electron chi connectivity index (χ1n) is 5.89. The van der Waals surface area contributed by atoms with Gasteiger partial charge in [0.05, 0.1) is 11.5 Å². The minimum absolute atomic E-state index is 0.424. The molecule has 1 saturated carbocycles. The molecule has 1 saturated heterocycles. The normalized spacial score (nSPS) is 33.3. The highest BCUT2D eigenvalue weighted by Crippen LogP contribution is 2.39. The van der Waals surface area contributed by atoms with Crippen LogP contribution in [0.4, 0.5) is 0 Å². The van der Waals surface area contributed by atoms with Crippen molar-refractivity contribution in [1.82, 2.24) is 0 Å². The van der Waals surface area contributed by atoms with Gasteiger partial charge in [-0.25, -0.2) is 8.42 Å². The van der Waals surface area contributed by atoms with Crippen molar-refractivity contribution in [3.63, 3.8) is 0 Å². The molecule has 0 radical (unpaired) electrons. The molecule has 2 rings (SSSR count). The number of hydrogen-bond donors (Lipinski definition) is 0. The lowest BCUT2D eigenvalue weighted by atomic mass is 9.82. The molecule has 0 spiro atoms. The lowest BCUT2D eigenvalue weighted by Crippen LogP contribution is -2.24. The number of alkyl halides is 1. The van der Waals surface area contributed by atoms with E-state index in [-0.39, 0.29) is 0 Å². The minimum Gasteiger partial charge on any atom is -0.229 e. The topological polar surface area (TPSA) is 34.1 Å². The SMILES string of the molecule is O=S1(=O)CCC(C(CBr)C2CCCC2)C1. The monoisotopic (exact) mass is 294 g/mol. The van der Waals surface area contributed by atoms with Crippen LogP contribution in [0.25, 0.3) is 0 Å². The van der Waals surface area contributed by atoms with Crippen LogP contribution in [0.5, 0.6) is 0 Å². The minimum atomic E-state index is -2.70. The molecular weight excluding hydrogens is 276 g/mol. The zero-order chi connectivity index (χ0) is 10.9. The third kappa shape index (κ3) is 2.76. The largest absolute Gasteiger partial charge is 0.229 e. The number of rotatable bonds is 3. The Hall–Kier alpha value is 0.430. The summed E-state index contributed by atoms with van der Waals surface area (Å²) < 4.78 is 22.9. The Bertz CT molecular complexity index is 307. The molecule has 0 aromatic heterocycles. The maximum atomic E-state index is 11.5. The van der Waals surface area contributed by atoms with E-state index < -0.39 is 9.84 Å². The van der Waals surface area contributed by atoms with E-state index in [0.717, 1.165) is 17.7 Å². The molecule has 1 aliphatic heterocycles. The fourth-order valence-corrected chi connectivity index (χ4v) is 6.14. The Kier molecular flexibility index (Phi) is 3.76. The van der Waals surface area contributed by atoms with E-state index >= 15 is 0 Å². The molecular formula is C11H19BrO2S. The van der Waals surface area contributed by atoms with Crippen molar-refractivity contribution >= 4 is 25.8 Å². The molecule has 2 nitrogen and oxygen atoms in total. The molecule has 0 amide bonds. The summed E-state index contributed by atoms with van der Waals surface area (Å²) in [6, 6.07) is 0. The quantitative estimate of drug-likeness (QED) is 0.750. The van der Waals surface area contributed by atoms with E-state index in [2.05, 4.69) is 15.9 Å². The molecule has 0 N–H and O–H groups in total. The van der Waals surface area contributed by atoms with Crippen LogP contribution < -0.4 is 0 Å². The summed E-state index contributed by atoms with van der Waals surface area (Å²) in [7, 11) is -2.70. The first-order valence-corrected chi connectivity index (χ1v) is 8.83. The number of sulfone groups is 1. The van der Waals surface area contributed by atoms with Gasteiger partial charge in [-0.2, -0.15) is 0 Å². The van der Waals surface area contributed by atoms with E-state index in [1.807, 2.05) is 0 Å². The summed E-state index contributed by atoms with van der Waals surface area (Å²) in [6.07, 6.45) is 6.20. The summed E-state index contributed by atoms with van der Waals surface area (Å²) in [5.74, 6) is 2.68. The molecule has 88 valence electrons. The van der Waals surface area contributed by atoms with Gasteiger partial charge in [-0.3, -0.25) is 0 Å². The average molecular weight is 295 g/mol. The standard InChI is InChI=1S/C11H19BrO2S/c12-7-11(9-3-1-2-4-9)10-5-6-15(13,14)8-10/h9-11H,1-8H2. The van der Waals surface area contributed by atoms with Crippen LogP contribution in [0.3, 0.4) is 0 Å².